The zero-order valence-corrected chi connectivity index (χ0v) is 12.6. The lowest BCUT2D eigenvalue weighted by molar-refractivity contribution is 0.850. The maximum atomic E-state index is 4.49. The highest BCUT2D eigenvalue weighted by Crippen LogP contribution is 2.24. The van der Waals surface area contributed by atoms with Gasteiger partial charge in [-0.2, -0.15) is 0 Å². The topological polar surface area (TPSA) is 53.9 Å². The van der Waals surface area contributed by atoms with Gasteiger partial charge in [0.2, 0.25) is 0 Å². The second-order valence-corrected chi connectivity index (χ2v) is 5.40. The van der Waals surface area contributed by atoms with Crippen molar-refractivity contribution in [1.82, 2.24) is 15.0 Å². The Labute approximate surface area is 117 Å². The van der Waals surface area contributed by atoms with Gasteiger partial charge in [0.25, 0.3) is 0 Å². The van der Waals surface area contributed by atoms with E-state index in [0.29, 0.717) is 0 Å². The highest BCUT2D eigenvalue weighted by Gasteiger charge is 2.13. The SMILES string of the molecule is CCc1c(NC)ncnc1N(C)Cc1csc(C)n1. The van der Waals surface area contributed by atoms with E-state index < -0.39 is 0 Å². The third kappa shape index (κ3) is 3.01. The summed E-state index contributed by atoms with van der Waals surface area (Å²) in [5, 5.41) is 6.31. The molecule has 0 saturated carbocycles. The van der Waals surface area contributed by atoms with Gasteiger partial charge in [-0.3, -0.25) is 0 Å². The van der Waals surface area contributed by atoms with Crippen molar-refractivity contribution < 1.29 is 0 Å². The molecule has 0 atom stereocenters. The van der Waals surface area contributed by atoms with Gasteiger partial charge in [-0.05, 0) is 13.3 Å². The van der Waals surface area contributed by atoms with Crippen LogP contribution in [-0.4, -0.2) is 29.0 Å². The van der Waals surface area contributed by atoms with Gasteiger partial charge in [0, 0.05) is 25.0 Å². The molecule has 1 N–H and O–H groups in total. The van der Waals surface area contributed by atoms with Crippen molar-refractivity contribution in [2.45, 2.75) is 26.8 Å². The van der Waals surface area contributed by atoms with E-state index in [2.05, 4.69) is 37.5 Å². The molecule has 0 spiro atoms. The number of nitrogens with zero attached hydrogens (tertiary/aromatic N) is 4. The van der Waals surface area contributed by atoms with Crippen molar-refractivity contribution in [1.29, 1.82) is 0 Å². The average Bonchev–Trinajstić information content (AvgIpc) is 2.82. The van der Waals surface area contributed by atoms with E-state index in [4.69, 9.17) is 0 Å². The maximum Gasteiger partial charge on any atom is 0.137 e. The Balaban J connectivity index is 2.25. The predicted octanol–water partition coefficient (Wildman–Crippen LogP) is 2.48. The Kier molecular flexibility index (Phi) is 4.31. The number of nitrogens with one attached hydrogen (secondary N) is 1. The number of aromatic nitrogens is 3. The van der Waals surface area contributed by atoms with Gasteiger partial charge in [-0.15, -0.1) is 11.3 Å². The monoisotopic (exact) mass is 277 g/mol. The van der Waals surface area contributed by atoms with E-state index in [0.717, 1.165) is 40.9 Å². The van der Waals surface area contributed by atoms with Crippen LogP contribution in [0.25, 0.3) is 0 Å². The Morgan fingerprint density at radius 3 is 2.74 bits per heavy atom. The van der Waals surface area contributed by atoms with Crippen molar-refractivity contribution in [3.63, 3.8) is 0 Å². The molecule has 0 aliphatic heterocycles. The van der Waals surface area contributed by atoms with Crippen molar-refractivity contribution in [2.24, 2.45) is 0 Å². The summed E-state index contributed by atoms with van der Waals surface area (Å²) in [4.78, 5) is 15.3. The lowest BCUT2D eigenvalue weighted by Gasteiger charge is -2.21. The molecule has 0 aliphatic rings. The molecule has 5 nitrogen and oxygen atoms in total. The average molecular weight is 277 g/mol. The molecule has 0 amide bonds. The first kappa shape index (κ1) is 13.7. The zero-order chi connectivity index (χ0) is 13.8. The minimum atomic E-state index is 0.761. The summed E-state index contributed by atoms with van der Waals surface area (Å²) < 4.78 is 0. The molecule has 0 aliphatic carbocycles. The van der Waals surface area contributed by atoms with Crippen LogP contribution >= 0.6 is 11.3 Å². The molecule has 0 fully saturated rings. The molecule has 19 heavy (non-hydrogen) atoms. The summed E-state index contributed by atoms with van der Waals surface area (Å²) in [6.45, 7) is 4.90. The second kappa shape index (κ2) is 5.97. The lowest BCUT2D eigenvalue weighted by Crippen LogP contribution is -2.20. The third-order valence-corrected chi connectivity index (χ3v) is 3.76. The quantitative estimate of drug-likeness (QED) is 0.910. The molecule has 0 aromatic carbocycles. The van der Waals surface area contributed by atoms with E-state index in [1.165, 1.54) is 0 Å². The number of anilines is 2. The van der Waals surface area contributed by atoms with E-state index in [1.54, 1.807) is 17.7 Å². The minimum absolute atomic E-state index is 0.761. The number of hydrogen-bond donors (Lipinski definition) is 1. The Morgan fingerprint density at radius 1 is 1.37 bits per heavy atom. The second-order valence-electron chi connectivity index (χ2n) is 4.34. The molecule has 102 valence electrons. The first-order chi connectivity index (χ1) is 9.15. The Bertz CT molecular complexity index is 552. The van der Waals surface area contributed by atoms with Gasteiger partial charge in [-0.1, -0.05) is 6.92 Å². The van der Waals surface area contributed by atoms with Crippen LogP contribution in [0.1, 0.15) is 23.2 Å². The first-order valence-corrected chi connectivity index (χ1v) is 7.17. The normalized spacial score (nSPS) is 10.5. The highest BCUT2D eigenvalue weighted by atomic mass is 32.1. The minimum Gasteiger partial charge on any atom is -0.373 e. The van der Waals surface area contributed by atoms with Crippen molar-refractivity contribution >= 4 is 23.0 Å². The third-order valence-electron chi connectivity index (χ3n) is 2.94. The Morgan fingerprint density at radius 2 is 2.16 bits per heavy atom. The number of rotatable bonds is 5. The molecule has 2 aromatic heterocycles. The molecular formula is C13H19N5S. The summed E-state index contributed by atoms with van der Waals surface area (Å²) in [6.07, 6.45) is 2.50. The molecule has 2 heterocycles. The van der Waals surface area contributed by atoms with Crippen LogP contribution in [0.3, 0.4) is 0 Å². The smallest absolute Gasteiger partial charge is 0.137 e. The number of thiazole rings is 1. The van der Waals surface area contributed by atoms with Crippen molar-refractivity contribution in [3.05, 3.63) is 28.0 Å². The molecule has 0 saturated heterocycles. The highest BCUT2D eigenvalue weighted by molar-refractivity contribution is 7.09. The van der Waals surface area contributed by atoms with Crippen molar-refractivity contribution in [3.8, 4) is 0 Å². The standard InChI is InChI=1S/C13H19N5S/c1-5-11-12(14-3)15-8-16-13(11)18(4)6-10-7-19-9(2)17-10/h7-8H,5-6H2,1-4H3,(H,14,15,16). The van der Waals surface area contributed by atoms with Crippen molar-refractivity contribution in [2.75, 3.05) is 24.3 Å². The predicted molar refractivity (Wildman–Crippen MR) is 79.9 cm³/mol. The first-order valence-electron chi connectivity index (χ1n) is 6.29. The lowest BCUT2D eigenvalue weighted by atomic mass is 10.2. The van der Waals surface area contributed by atoms with Crippen LogP contribution in [0.4, 0.5) is 11.6 Å². The van der Waals surface area contributed by atoms with E-state index in [1.807, 2.05) is 21.0 Å². The van der Waals surface area contributed by atoms with E-state index in [9.17, 15) is 0 Å². The van der Waals surface area contributed by atoms with Gasteiger partial charge in [0.05, 0.1) is 17.2 Å². The fourth-order valence-electron chi connectivity index (χ4n) is 2.07. The Hall–Kier alpha value is -1.69. The summed E-state index contributed by atoms with van der Waals surface area (Å²) in [5.41, 5.74) is 2.22. The fourth-order valence-corrected chi connectivity index (χ4v) is 2.68. The summed E-state index contributed by atoms with van der Waals surface area (Å²) in [7, 11) is 3.92. The summed E-state index contributed by atoms with van der Waals surface area (Å²) in [5.74, 6) is 1.86. The maximum absolute atomic E-state index is 4.49. The fraction of sp³-hybridized carbons (Fsp3) is 0.462. The molecular weight excluding hydrogens is 258 g/mol. The molecule has 2 aromatic rings. The van der Waals surface area contributed by atoms with Gasteiger partial charge >= 0.3 is 0 Å². The van der Waals surface area contributed by atoms with Gasteiger partial charge in [0.15, 0.2) is 0 Å². The van der Waals surface area contributed by atoms with Crippen LogP contribution in [0.5, 0.6) is 0 Å². The van der Waals surface area contributed by atoms with Crippen LogP contribution in [0, 0.1) is 6.92 Å². The van der Waals surface area contributed by atoms with E-state index in [-0.39, 0.29) is 0 Å². The summed E-state index contributed by atoms with van der Waals surface area (Å²) >= 11 is 1.68. The number of aryl methyl sites for hydroxylation is 1. The van der Waals surface area contributed by atoms with E-state index >= 15 is 0 Å². The van der Waals surface area contributed by atoms with Gasteiger partial charge in [-0.25, -0.2) is 15.0 Å². The van der Waals surface area contributed by atoms with Gasteiger partial charge < -0.3 is 10.2 Å². The van der Waals surface area contributed by atoms with Crippen LogP contribution in [0.15, 0.2) is 11.7 Å². The number of hydrogen-bond acceptors (Lipinski definition) is 6. The molecule has 2 rings (SSSR count). The molecule has 0 bridgehead atoms. The van der Waals surface area contributed by atoms with Gasteiger partial charge in [0.1, 0.15) is 18.0 Å². The molecule has 0 unspecified atom stereocenters. The molecule has 6 heteroatoms. The summed E-state index contributed by atoms with van der Waals surface area (Å²) in [6, 6.07) is 0. The van der Waals surface area contributed by atoms with Crippen LogP contribution in [0.2, 0.25) is 0 Å². The largest absolute Gasteiger partial charge is 0.373 e. The molecule has 0 radical (unpaired) electrons. The zero-order valence-electron chi connectivity index (χ0n) is 11.8. The van der Waals surface area contributed by atoms with Crippen LogP contribution in [-0.2, 0) is 13.0 Å². The van der Waals surface area contributed by atoms with Crippen LogP contribution < -0.4 is 10.2 Å².